The minimum absolute atomic E-state index is 0.303. The highest BCUT2D eigenvalue weighted by atomic mass is 16.5. The van der Waals surface area contributed by atoms with Crippen LogP contribution in [0.1, 0.15) is 23.0 Å². The van der Waals surface area contributed by atoms with Crippen molar-refractivity contribution < 1.29 is 4.74 Å². The first-order chi connectivity index (χ1) is 9.28. The van der Waals surface area contributed by atoms with Crippen LogP contribution in [0.2, 0.25) is 0 Å². The number of methoxy groups -OCH3 is 1. The number of hydrogen-bond donors (Lipinski definition) is 1. The summed E-state index contributed by atoms with van der Waals surface area (Å²) in [4.78, 5) is 4.30. The summed E-state index contributed by atoms with van der Waals surface area (Å²) in [6.07, 6.45) is 3.50. The van der Waals surface area contributed by atoms with E-state index in [1.54, 1.807) is 13.4 Å². The normalized spacial score (nSPS) is 18.1. The van der Waals surface area contributed by atoms with Crippen molar-refractivity contribution in [3.63, 3.8) is 0 Å². The summed E-state index contributed by atoms with van der Waals surface area (Å²) < 4.78 is 7.13. The molecule has 3 rings (SSSR count). The Hall–Kier alpha value is -1.88. The quantitative estimate of drug-likeness (QED) is 0.900. The van der Waals surface area contributed by atoms with E-state index in [-0.39, 0.29) is 0 Å². The van der Waals surface area contributed by atoms with Crippen LogP contribution >= 0.6 is 0 Å². The van der Waals surface area contributed by atoms with Crippen molar-refractivity contribution in [2.75, 3.05) is 13.7 Å². The van der Waals surface area contributed by atoms with Gasteiger partial charge in [-0.3, -0.25) is 4.68 Å². The predicted molar refractivity (Wildman–Crippen MR) is 72.1 cm³/mol. The zero-order valence-corrected chi connectivity index (χ0v) is 11.3. The first kappa shape index (κ1) is 12.2. The summed E-state index contributed by atoms with van der Waals surface area (Å²) in [6.45, 7) is 0.989. The van der Waals surface area contributed by atoms with E-state index in [4.69, 9.17) is 4.74 Å². The van der Waals surface area contributed by atoms with Gasteiger partial charge >= 0.3 is 0 Å². The molecule has 1 aromatic heterocycles. The molecule has 0 saturated carbocycles. The van der Waals surface area contributed by atoms with E-state index in [2.05, 4.69) is 27.5 Å². The van der Waals surface area contributed by atoms with Crippen LogP contribution in [-0.4, -0.2) is 28.4 Å². The van der Waals surface area contributed by atoms with Crippen LogP contribution in [0, 0.1) is 0 Å². The summed E-state index contributed by atoms with van der Waals surface area (Å²) in [7, 11) is 3.64. The van der Waals surface area contributed by atoms with Crippen LogP contribution in [0.5, 0.6) is 5.75 Å². The monoisotopic (exact) mass is 258 g/mol. The van der Waals surface area contributed by atoms with Gasteiger partial charge in [0.05, 0.1) is 7.11 Å². The van der Waals surface area contributed by atoms with E-state index >= 15 is 0 Å². The average molecular weight is 258 g/mol. The van der Waals surface area contributed by atoms with Crippen molar-refractivity contribution in [2.45, 2.75) is 18.9 Å². The molecule has 19 heavy (non-hydrogen) atoms. The minimum Gasteiger partial charge on any atom is -0.497 e. The first-order valence-electron chi connectivity index (χ1n) is 6.51. The molecule has 0 aliphatic carbocycles. The molecule has 0 amide bonds. The highest BCUT2D eigenvalue weighted by Gasteiger charge is 2.21. The zero-order valence-electron chi connectivity index (χ0n) is 11.3. The van der Waals surface area contributed by atoms with Gasteiger partial charge in [0.2, 0.25) is 0 Å². The van der Waals surface area contributed by atoms with Crippen molar-refractivity contribution in [3.8, 4) is 5.75 Å². The van der Waals surface area contributed by atoms with Gasteiger partial charge < -0.3 is 10.1 Å². The third-order valence-corrected chi connectivity index (χ3v) is 3.70. The Labute approximate surface area is 112 Å². The second-order valence-electron chi connectivity index (χ2n) is 4.83. The Kier molecular flexibility index (Phi) is 3.21. The molecule has 1 N–H and O–H groups in total. The highest BCUT2D eigenvalue weighted by molar-refractivity contribution is 5.39. The zero-order chi connectivity index (χ0) is 13.2. The number of nitrogens with one attached hydrogen (secondary N) is 1. The third-order valence-electron chi connectivity index (χ3n) is 3.70. The second-order valence-corrected chi connectivity index (χ2v) is 4.83. The molecule has 1 unspecified atom stereocenters. The molecule has 2 aromatic rings. The Morgan fingerprint density at radius 2 is 2.37 bits per heavy atom. The summed E-state index contributed by atoms with van der Waals surface area (Å²) in [6, 6.07) is 6.62. The summed E-state index contributed by atoms with van der Waals surface area (Å²) in [5.41, 5.74) is 2.71. The van der Waals surface area contributed by atoms with E-state index in [0.29, 0.717) is 6.04 Å². The molecule has 0 radical (unpaired) electrons. The molecule has 0 fully saturated rings. The van der Waals surface area contributed by atoms with E-state index in [9.17, 15) is 0 Å². The fourth-order valence-electron chi connectivity index (χ4n) is 2.63. The van der Waals surface area contributed by atoms with Crippen molar-refractivity contribution in [3.05, 3.63) is 41.5 Å². The number of aryl methyl sites for hydroxylation is 1. The highest BCUT2D eigenvalue weighted by Crippen LogP contribution is 2.28. The lowest BCUT2D eigenvalue weighted by atomic mass is 9.92. The van der Waals surface area contributed by atoms with Crippen LogP contribution in [0.25, 0.3) is 0 Å². The van der Waals surface area contributed by atoms with E-state index < -0.39 is 0 Å². The lowest BCUT2D eigenvalue weighted by Crippen LogP contribution is -2.31. The Morgan fingerprint density at radius 3 is 3.11 bits per heavy atom. The average Bonchev–Trinajstić information content (AvgIpc) is 2.84. The molecular formula is C14H18N4O. The number of fused-ring (bicyclic) bond motifs is 1. The molecule has 100 valence electrons. The fraction of sp³-hybridized carbons (Fsp3) is 0.429. The lowest BCUT2D eigenvalue weighted by molar-refractivity contribution is 0.411. The molecular weight excluding hydrogens is 240 g/mol. The number of aromatic nitrogens is 3. The van der Waals surface area contributed by atoms with Crippen LogP contribution < -0.4 is 10.1 Å². The Morgan fingerprint density at radius 1 is 1.47 bits per heavy atom. The maximum absolute atomic E-state index is 5.29. The van der Waals surface area contributed by atoms with Gasteiger partial charge in [0.15, 0.2) is 0 Å². The second kappa shape index (κ2) is 5.01. The number of ether oxygens (including phenoxy) is 1. The minimum atomic E-state index is 0.303. The van der Waals surface area contributed by atoms with Crippen molar-refractivity contribution in [1.82, 2.24) is 20.1 Å². The van der Waals surface area contributed by atoms with Gasteiger partial charge in [-0.2, -0.15) is 5.10 Å². The third kappa shape index (κ3) is 2.33. The van der Waals surface area contributed by atoms with E-state index in [1.165, 1.54) is 11.1 Å². The smallest absolute Gasteiger partial charge is 0.138 e. The fourth-order valence-corrected chi connectivity index (χ4v) is 2.63. The molecule has 5 heteroatoms. The molecule has 2 heterocycles. The van der Waals surface area contributed by atoms with Gasteiger partial charge in [-0.05, 0) is 36.2 Å². The summed E-state index contributed by atoms with van der Waals surface area (Å²) in [5, 5.41) is 7.68. The summed E-state index contributed by atoms with van der Waals surface area (Å²) in [5.74, 6) is 1.93. The number of nitrogens with zero attached hydrogens (tertiary/aromatic N) is 3. The number of benzene rings is 1. The SMILES string of the molecule is COc1ccc2c(c1)CCNC2Cc1ncnn1C. The van der Waals surface area contributed by atoms with Crippen molar-refractivity contribution >= 4 is 0 Å². The van der Waals surface area contributed by atoms with E-state index in [0.717, 1.165) is 31.0 Å². The predicted octanol–water partition coefficient (Wildman–Crippen LogP) is 1.25. The molecule has 0 saturated heterocycles. The van der Waals surface area contributed by atoms with Gasteiger partial charge in [-0.25, -0.2) is 4.98 Å². The molecule has 5 nitrogen and oxygen atoms in total. The maximum atomic E-state index is 5.29. The van der Waals surface area contributed by atoms with Gasteiger partial charge in [-0.1, -0.05) is 6.07 Å². The van der Waals surface area contributed by atoms with Gasteiger partial charge in [-0.15, -0.1) is 0 Å². The van der Waals surface area contributed by atoms with Crippen LogP contribution in [0.3, 0.4) is 0 Å². The first-order valence-corrected chi connectivity index (χ1v) is 6.51. The Balaban J connectivity index is 1.88. The number of rotatable bonds is 3. The lowest BCUT2D eigenvalue weighted by Gasteiger charge is -2.27. The van der Waals surface area contributed by atoms with E-state index in [1.807, 2.05) is 17.8 Å². The van der Waals surface area contributed by atoms with Crippen molar-refractivity contribution in [1.29, 1.82) is 0 Å². The summed E-state index contributed by atoms with van der Waals surface area (Å²) >= 11 is 0. The van der Waals surface area contributed by atoms with Gasteiger partial charge in [0, 0.05) is 19.5 Å². The molecule has 1 aliphatic rings. The van der Waals surface area contributed by atoms with Crippen LogP contribution in [0.15, 0.2) is 24.5 Å². The van der Waals surface area contributed by atoms with Gasteiger partial charge in [0.1, 0.15) is 17.9 Å². The Bertz CT molecular complexity index is 579. The maximum Gasteiger partial charge on any atom is 0.138 e. The largest absolute Gasteiger partial charge is 0.497 e. The number of hydrogen-bond acceptors (Lipinski definition) is 4. The van der Waals surface area contributed by atoms with Crippen LogP contribution in [-0.2, 0) is 19.9 Å². The molecule has 0 spiro atoms. The topological polar surface area (TPSA) is 52.0 Å². The molecule has 1 aliphatic heterocycles. The molecule has 1 atom stereocenters. The van der Waals surface area contributed by atoms with Gasteiger partial charge in [0.25, 0.3) is 0 Å². The van der Waals surface area contributed by atoms with Crippen LogP contribution in [0.4, 0.5) is 0 Å². The van der Waals surface area contributed by atoms with Crippen molar-refractivity contribution in [2.24, 2.45) is 7.05 Å². The molecule has 0 bridgehead atoms. The standard InChI is InChI=1S/C14H18N4O/c1-18-14(16-9-17-18)8-13-12-4-3-11(19-2)7-10(12)5-6-15-13/h3-4,7,9,13,15H,5-6,8H2,1-2H3. The molecule has 1 aromatic carbocycles.